The molecule has 1 aromatic carbocycles. The van der Waals surface area contributed by atoms with Gasteiger partial charge in [0, 0.05) is 12.1 Å². The van der Waals surface area contributed by atoms with Crippen LogP contribution in [0.5, 0.6) is 0 Å². The molecule has 1 aliphatic rings. The van der Waals surface area contributed by atoms with Crippen LogP contribution in [-0.4, -0.2) is 22.2 Å². The average Bonchev–Trinajstić information content (AvgIpc) is 3.03. The van der Waals surface area contributed by atoms with Crippen LogP contribution in [0, 0.1) is 0 Å². The topological polar surface area (TPSA) is 45.1 Å². The van der Waals surface area contributed by atoms with E-state index in [1.54, 1.807) is 11.3 Å². The normalized spacial score (nSPS) is 18.5. The molecule has 1 aliphatic carbocycles. The van der Waals surface area contributed by atoms with Crippen molar-refractivity contribution in [3.05, 3.63) is 29.3 Å². The van der Waals surface area contributed by atoms with Gasteiger partial charge in [-0.1, -0.05) is 25.0 Å². The Morgan fingerprint density at radius 3 is 2.78 bits per heavy atom. The summed E-state index contributed by atoms with van der Waals surface area (Å²) in [7, 11) is 0. The Bertz CT molecular complexity index is 498. The highest BCUT2D eigenvalue weighted by atomic mass is 32.1. The number of rotatable bonds is 4. The summed E-state index contributed by atoms with van der Waals surface area (Å²) in [6.45, 7) is 0.998. The highest BCUT2D eigenvalue weighted by molar-refractivity contribution is 7.18. The Hall–Kier alpha value is -0.970. The summed E-state index contributed by atoms with van der Waals surface area (Å²) in [6.07, 6.45) is 4.59. The van der Waals surface area contributed by atoms with Crippen molar-refractivity contribution in [2.45, 2.75) is 37.8 Å². The lowest BCUT2D eigenvalue weighted by molar-refractivity contribution is 0.163. The van der Waals surface area contributed by atoms with Crippen LogP contribution in [0.3, 0.4) is 0 Å². The second-order valence-electron chi connectivity index (χ2n) is 5.07. The fraction of sp³-hybridized carbons (Fsp3) is 0.500. The summed E-state index contributed by atoms with van der Waals surface area (Å²) < 4.78 is 1.23. The molecular weight excluding hydrogens is 244 g/mol. The van der Waals surface area contributed by atoms with Crippen molar-refractivity contribution >= 4 is 21.6 Å². The van der Waals surface area contributed by atoms with Gasteiger partial charge >= 0.3 is 0 Å². The maximum absolute atomic E-state index is 9.55. The fourth-order valence-electron chi connectivity index (χ4n) is 2.70. The monoisotopic (exact) mass is 262 g/mol. The van der Waals surface area contributed by atoms with Gasteiger partial charge in [0.05, 0.1) is 16.8 Å². The van der Waals surface area contributed by atoms with Gasteiger partial charge in [-0.25, -0.2) is 4.98 Å². The number of thiazole rings is 1. The van der Waals surface area contributed by atoms with Gasteiger partial charge in [0.1, 0.15) is 5.01 Å². The van der Waals surface area contributed by atoms with E-state index < -0.39 is 0 Å². The lowest BCUT2D eigenvalue weighted by Crippen LogP contribution is -2.45. The van der Waals surface area contributed by atoms with Crippen LogP contribution in [0.25, 0.3) is 10.2 Å². The van der Waals surface area contributed by atoms with Crippen LogP contribution in [0.2, 0.25) is 0 Å². The molecule has 0 atom stereocenters. The van der Waals surface area contributed by atoms with Gasteiger partial charge in [-0.05, 0) is 25.0 Å². The smallest absolute Gasteiger partial charge is 0.108 e. The summed E-state index contributed by atoms with van der Waals surface area (Å²) >= 11 is 1.73. The third kappa shape index (κ3) is 2.28. The fourth-order valence-corrected chi connectivity index (χ4v) is 3.61. The summed E-state index contributed by atoms with van der Waals surface area (Å²) in [5.41, 5.74) is 1.02. The van der Waals surface area contributed by atoms with Gasteiger partial charge in [-0.2, -0.15) is 0 Å². The zero-order valence-electron chi connectivity index (χ0n) is 10.4. The summed E-state index contributed by atoms with van der Waals surface area (Å²) in [4.78, 5) is 4.61. The molecule has 0 spiro atoms. The van der Waals surface area contributed by atoms with Crippen LogP contribution in [-0.2, 0) is 6.54 Å². The number of nitrogens with one attached hydrogen (secondary N) is 1. The molecule has 0 aliphatic heterocycles. The molecule has 0 radical (unpaired) electrons. The molecule has 1 aromatic heterocycles. The van der Waals surface area contributed by atoms with E-state index in [0.29, 0.717) is 0 Å². The molecule has 3 rings (SSSR count). The Morgan fingerprint density at radius 1 is 1.28 bits per heavy atom. The lowest BCUT2D eigenvalue weighted by atomic mass is 9.99. The predicted octanol–water partition coefficient (Wildman–Crippen LogP) is 2.69. The standard InChI is InChI=1S/C14H18N2OS/c17-10-14(7-3-4-8-14)15-9-13-16-11-5-1-2-6-12(11)18-13/h1-2,5-6,15,17H,3-4,7-10H2. The van der Waals surface area contributed by atoms with E-state index in [9.17, 15) is 5.11 Å². The van der Waals surface area contributed by atoms with Gasteiger partial charge in [-0.3, -0.25) is 0 Å². The van der Waals surface area contributed by atoms with E-state index in [2.05, 4.69) is 16.4 Å². The first-order valence-electron chi connectivity index (χ1n) is 6.52. The van der Waals surface area contributed by atoms with Crippen molar-refractivity contribution in [3.63, 3.8) is 0 Å². The molecule has 18 heavy (non-hydrogen) atoms. The number of hydrogen-bond donors (Lipinski definition) is 2. The van der Waals surface area contributed by atoms with Gasteiger partial charge < -0.3 is 10.4 Å². The molecule has 1 fully saturated rings. The van der Waals surface area contributed by atoms with Crippen molar-refractivity contribution < 1.29 is 5.11 Å². The molecule has 2 aromatic rings. The largest absolute Gasteiger partial charge is 0.394 e. The number of aliphatic hydroxyl groups is 1. The number of para-hydroxylation sites is 1. The SMILES string of the molecule is OCC1(NCc2nc3ccccc3s2)CCCC1. The van der Waals surface area contributed by atoms with E-state index in [1.165, 1.54) is 17.5 Å². The van der Waals surface area contributed by atoms with Crippen LogP contribution in [0.4, 0.5) is 0 Å². The first-order chi connectivity index (χ1) is 8.81. The molecule has 1 saturated carbocycles. The van der Waals surface area contributed by atoms with Crippen molar-refractivity contribution in [1.29, 1.82) is 0 Å². The Labute approximate surface area is 111 Å². The van der Waals surface area contributed by atoms with Crippen molar-refractivity contribution in [1.82, 2.24) is 10.3 Å². The maximum atomic E-state index is 9.55. The Balaban J connectivity index is 1.72. The maximum Gasteiger partial charge on any atom is 0.108 e. The minimum atomic E-state index is -0.0577. The highest BCUT2D eigenvalue weighted by Gasteiger charge is 2.32. The first-order valence-corrected chi connectivity index (χ1v) is 7.33. The average molecular weight is 262 g/mol. The molecule has 0 bridgehead atoms. The van der Waals surface area contributed by atoms with Crippen molar-refractivity contribution in [2.75, 3.05) is 6.61 Å². The van der Waals surface area contributed by atoms with Crippen LogP contribution >= 0.6 is 11.3 Å². The van der Waals surface area contributed by atoms with Crippen LogP contribution < -0.4 is 5.32 Å². The van der Waals surface area contributed by atoms with Gasteiger partial charge in [0.25, 0.3) is 0 Å². The summed E-state index contributed by atoms with van der Waals surface area (Å²) in [5.74, 6) is 0. The lowest BCUT2D eigenvalue weighted by Gasteiger charge is -2.27. The second-order valence-corrected chi connectivity index (χ2v) is 6.19. The number of aliphatic hydroxyl groups excluding tert-OH is 1. The molecule has 2 N–H and O–H groups in total. The van der Waals surface area contributed by atoms with Crippen LogP contribution in [0.15, 0.2) is 24.3 Å². The minimum absolute atomic E-state index is 0.0577. The molecule has 1 heterocycles. The van der Waals surface area contributed by atoms with Gasteiger partial charge in [-0.15, -0.1) is 11.3 Å². The molecule has 0 amide bonds. The van der Waals surface area contributed by atoms with Crippen LogP contribution in [0.1, 0.15) is 30.7 Å². The molecule has 0 saturated heterocycles. The molecule has 0 unspecified atom stereocenters. The van der Waals surface area contributed by atoms with Crippen molar-refractivity contribution in [2.24, 2.45) is 0 Å². The number of aromatic nitrogens is 1. The summed E-state index contributed by atoms with van der Waals surface area (Å²) in [5, 5.41) is 14.2. The number of nitrogens with zero attached hydrogens (tertiary/aromatic N) is 1. The molecule has 4 heteroatoms. The molecule has 96 valence electrons. The number of hydrogen-bond acceptors (Lipinski definition) is 4. The van der Waals surface area contributed by atoms with Gasteiger partial charge in [0.2, 0.25) is 0 Å². The first kappa shape index (κ1) is 12.1. The van der Waals surface area contributed by atoms with E-state index in [1.807, 2.05) is 18.2 Å². The van der Waals surface area contributed by atoms with E-state index in [4.69, 9.17) is 0 Å². The number of fused-ring (bicyclic) bond motifs is 1. The Morgan fingerprint density at radius 2 is 2.06 bits per heavy atom. The predicted molar refractivity (Wildman–Crippen MR) is 74.7 cm³/mol. The highest BCUT2D eigenvalue weighted by Crippen LogP contribution is 2.30. The van der Waals surface area contributed by atoms with E-state index in [-0.39, 0.29) is 12.1 Å². The summed E-state index contributed by atoms with van der Waals surface area (Å²) in [6, 6.07) is 8.22. The van der Waals surface area contributed by atoms with Gasteiger partial charge in [0.15, 0.2) is 0 Å². The zero-order valence-corrected chi connectivity index (χ0v) is 11.2. The van der Waals surface area contributed by atoms with E-state index in [0.717, 1.165) is 29.9 Å². The third-order valence-corrected chi connectivity index (χ3v) is 4.85. The Kier molecular flexibility index (Phi) is 3.33. The third-order valence-electron chi connectivity index (χ3n) is 3.82. The molecule has 3 nitrogen and oxygen atoms in total. The minimum Gasteiger partial charge on any atom is -0.394 e. The molecular formula is C14H18N2OS. The quantitative estimate of drug-likeness (QED) is 0.890. The van der Waals surface area contributed by atoms with Crippen molar-refractivity contribution in [3.8, 4) is 0 Å². The second kappa shape index (κ2) is 4.96. The zero-order chi connectivity index (χ0) is 12.4. The van der Waals surface area contributed by atoms with E-state index >= 15 is 0 Å². The number of benzene rings is 1.